The molecule has 112 valence electrons. The maximum Gasteiger partial charge on any atom is 0.240 e. The van der Waals surface area contributed by atoms with E-state index >= 15 is 0 Å². The molecule has 0 saturated heterocycles. The molecule has 0 unspecified atom stereocenters. The van der Waals surface area contributed by atoms with E-state index < -0.39 is 10.0 Å². The summed E-state index contributed by atoms with van der Waals surface area (Å²) >= 11 is 5.87. The first kappa shape index (κ1) is 15.8. The molecule has 6 heteroatoms. The fourth-order valence-electron chi connectivity index (χ4n) is 2.54. The SMILES string of the molecule is O=S(=O)(NCC1CCCCC1)c1ccc(Cl)c(CO)c1. The van der Waals surface area contributed by atoms with Crippen LogP contribution in [0, 0.1) is 5.92 Å². The van der Waals surface area contributed by atoms with Gasteiger partial charge < -0.3 is 5.11 Å². The summed E-state index contributed by atoms with van der Waals surface area (Å²) in [7, 11) is -3.53. The average molecular weight is 318 g/mol. The van der Waals surface area contributed by atoms with Crippen molar-refractivity contribution in [3.8, 4) is 0 Å². The summed E-state index contributed by atoms with van der Waals surface area (Å²) in [6.07, 6.45) is 5.79. The number of rotatable bonds is 5. The lowest BCUT2D eigenvalue weighted by Gasteiger charge is -2.21. The Morgan fingerprint density at radius 1 is 1.25 bits per heavy atom. The zero-order valence-electron chi connectivity index (χ0n) is 11.3. The van der Waals surface area contributed by atoms with Gasteiger partial charge in [-0.3, -0.25) is 0 Å². The van der Waals surface area contributed by atoms with Gasteiger partial charge in [0, 0.05) is 11.6 Å². The third-order valence-corrected chi connectivity index (χ3v) is 5.57. The molecule has 1 aromatic rings. The van der Waals surface area contributed by atoms with Crippen LogP contribution in [0.2, 0.25) is 5.02 Å². The van der Waals surface area contributed by atoms with Gasteiger partial charge in [0.25, 0.3) is 0 Å². The molecule has 1 aromatic carbocycles. The van der Waals surface area contributed by atoms with Crippen molar-refractivity contribution in [2.75, 3.05) is 6.54 Å². The normalized spacial score (nSPS) is 17.3. The summed E-state index contributed by atoms with van der Waals surface area (Å²) in [5.74, 6) is 0.433. The second-order valence-electron chi connectivity index (χ2n) is 5.27. The maximum absolute atomic E-state index is 12.2. The van der Waals surface area contributed by atoms with Gasteiger partial charge in [-0.05, 0) is 42.5 Å². The lowest BCUT2D eigenvalue weighted by atomic mass is 9.90. The number of sulfonamides is 1. The van der Waals surface area contributed by atoms with Gasteiger partial charge in [0.1, 0.15) is 0 Å². The standard InChI is InChI=1S/C14H20ClNO3S/c15-14-7-6-13(8-12(14)10-17)20(18,19)16-9-11-4-2-1-3-5-11/h6-8,11,16-17H,1-5,9-10H2. The summed E-state index contributed by atoms with van der Waals surface area (Å²) in [6.45, 7) is 0.213. The molecule has 2 rings (SSSR count). The van der Waals surface area contributed by atoms with E-state index in [1.807, 2.05) is 0 Å². The number of aliphatic hydroxyl groups is 1. The molecule has 0 bridgehead atoms. The van der Waals surface area contributed by atoms with Crippen molar-refractivity contribution in [2.45, 2.75) is 43.6 Å². The Labute approximate surface area is 125 Å². The van der Waals surface area contributed by atoms with Gasteiger partial charge in [-0.2, -0.15) is 0 Å². The number of hydrogen-bond acceptors (Lipinski definition) is 3. The van der Waals surface area contributed by atoms with Crippen molar-refractivity contribution >= 4 is 21.6 Å². The highest BCUT2D eigenvalue weighted by molar-refractivity contribution is 7.89. The molecule has 20 heavy (non-hydrogen) atoms. The molecule has 0 aromatic heterocycles. The second kappa shape index (κ2) is 6.89. The first-order valence-electron chi connectivity index (χ1n) is 6.92. The molecule has 1 aliphatic carbocycles. The summed E-state index contributed by atoms with van der Waals surface area (Å²) in [6, 6.07) is 4.39. The van der Waals surface area contributed by atoms with Gasteiger partial charge in [0.05, 0.1) is 11.5 Å². The van der Waals surface area contributed by atoms with Crippen LogP contribution < -0.4 is 4.72 Å². The molecule has 0 aliphatic heterocycles. The fourth-order valence-corrected chi connectivity index (χ4v) is 3.89. The van der Waals surface area contributed by atoms with Crippen molar-refractivity contribution in [1.29, 1.82) is 0 Å². The van der Waals surface area contributed by atoms with Gasteiger partial charge in [0.2, 0.25) is 10.0 Å². The van der Waals surface area contributed by atoms with Crippen LogP contribution in [0.4, 0.5) is 0 Å². The van der Waals surface area contributed by atoms with E-state index in [0.29, 0.717) is 23.0 Å². The van der Waals surface area contributed by atoms with Crippen molar-refractivity contribution in [3.63, 3.8) is 0 Å². The zero-order valence-corrected chi connectivity index (χ0v) is 12.9. The van der Waals surface area contributed by atoms with Crippen molar-refractivity contribution < 1.29 is 13.5 Å². The minimum absolute atomic E-state index is 0.154. The fraction of sp³-hybridized carbons (Fsp3) is 0.571. The van der Waals surface area contributed by atoms with Crippen molar-refractivity contribution in [2.24, 2.45) is 5.92 Å². The molecule has 4 nitrogen and oxygen atoms in total. The minimum Gasteiger partial charge on any atom is -0.392 e. The Bertz CT molecular complexity index is 554. The van der Waals surface area contributed by atoms with Crippen LogP contribution in [0.5, 0.6) is 0 Å². The van der Waals surface area contributed by atoms with E-state index in [1.54, 1.807) is 0 Å². The molecule has 2 N–H and O–H groups in total. The molecule has 0 amide bonds. The molecule has 0 spiro atoms. The highest BCUT2D eigenvalue weighted by Crippen LogP contribution is 2.24. The first-order valence-corrected chi connectivity index (χ1v) is 8.78. The van der Waals surface area contributed by atoms with Gasteiger partial charge >= 0.3 is 0 Å². The monoisotopic (exact) mass is 317 g/mol. The smallest absolute Gasteiger partial charge is 0.240 e. The third-order valence-electron chi connectivity index (χ3n) is 3.78. The van der Waals surface area contributed by atoms with E-state index in [2.05, 4.69) is 4.72 Å². The third kappa shape index (κ3) is 3.95. The zero-order chi connectivity index (χ0) is 14.6. The molecular formula is C14H20ClNO3S. The van der Waals surface area contributed by atoms with Crippen LogP contribution in [-0.2, 0) is 16.6 Å². The molecule has 0 atom stereocenters. The summed E-state index contributed by atoms with van der Waals surface area (Å²) in [5, 5.41) is 9.52. The molecule has 0 radical (unpaired) electrons. The number of benzene rings is 1. The highest BCUT2D eigenvalue weighted by Gasteiger charge is 2.19. The van der Waals surface area contributed by atoms with E-state index in [4.69, 9.17) is 16.7 Å². The van der Waals surface area contributed by atoms with Gasteiger partial charge in [-0.1, -0.05) is 30.9 Å². The number of aliphatic hydroxyl groups excluding tert-OH is 1. The van der Waals surface area contributed by atoms with Crippen LogP contribution in [0.15, 0.2) is 23.1 Å². The maximum atomic E-state index is 12.2. The van der Waals surface area contributed by atoms with Crippen molar-refractivity contribution in [3.05, 3.63) is 28.8 Å². The van der Waals surface area contributed by atoms with Crippen LogP contribution in [0.1, 0.15) is 37.7 Å². The van der Waals surface area contributed by atoms with Gasteiger partial charge in [0.15, 0.2) is 0 Å². The molecule has 1 aliphatic rings. The lowest BCUT2D eigenvalue weighted by Crippen LogP contribution is -2.30. The Morgan fingerprint density at radius 2 is 1.95 bits per heavy atom. The van der Waals surface area contributed by atoms with Crippen molar-refractivity contribution in [1.82, 2.24) is 4.72 Å². The lowest BCUT2D eigenvalue weighted by molar-refractivity contribution is 0.281. The van der Waals surface area contributed by atoms with Gasteiger partial charge in [-0.25, -0.2) is 13.1 Å². The van der Waals surface area contributed by atoms with E-state index in [-0.39, 0.29) is 11.5 Å². The van der Waals surface area contributed by atoms with Crippen LogP contribution in [0.3, 0.4) is 0 Å². The summed E-state index contributed by atoms with van der Waals surface area (Å²) < 4.78 is 27.1. The van der Waals surface area contributed by atoms with Crippen LogP contribution >= 0.6 is 11.6 Å². The van der Waals surface area contributed by atoms with Crippen LogP contribution in [0.25, 0.3) is 0 Å². The topological polar surface area (TPSA) is 66.4 Å². The van der Waals surface area contributed by atoms with E-state index in [9.17, 15) is 8.42 Å². The number of halogens is 1. The molecule has 1 fully saturated rings. The molecule has 0 heterocycles. The average Bonchev–Trinajstić information content (AvgIpc) is 2.46. The number of hydrogen-bond donors (Lipinski definition) is 2. The second-order valence-corrected chi connectivity index (χ2v) is 7.44. The van der Waals surface area contributed by atoms with Crippen LogP contribution in [-0.4, -0.2) is 20.1 Å². The molecule has 1 saturated carbocycles. The predicted molar refractivity (Wildman–Crippen MR) is 79.1 cm³/mol. The number of nitrogens with one attached hydrogen (secondary N) is 1. The first-order chi connectivity index (χ1) is 9.53. The largest absolute Gasteiger partial charge is 0.392 e. The molecular weight excluding hydrogens is 298 g/mol. The Balaban J connectivity index is 2.05. The Hall–Kier alpha value is -0.620. The van der Waals surface area contributed by atoms with E-state index in [0.717, 1.165) is 12.8 Å². The summed E-state index contributed by atoms with van der Waals surface area (Å²) in [5.41, 5.74) is 0.423. The Kier molecular flexibility index (Phi) is 5.43. The highest BCUT2D eigenvalue weighted by atomic mass is 35.5. The minimum atomic E-state index is -3.53. The van der Waals surface area contributed by atoms with Gasteiger partial charge in [-0.15, -0.1) is 0 Å². The van der Waals surface area contributed by atoms with E-state index in [1.165, 1.54) is 37.5 Å². The quantitative estimate of drug-likeness (QED) is 0.877. The summed E-state index contributed by atoms with van der Waals surface area (Å²) in [4.78, 5) is 0.154. The Morgan fingerprint density at radius 3 is 2.60 bits per heavy atom. The predicted octanol–water partition coefficient (Wildman–Crippen LogP) is 2.69.